The van der Waals surface area contributed by atoms with Gasteiger partial charge in [-0.25, -0.2) is 0 Å². The zero-order valence-electron chi connectivity index (χ0n) is 13.9. The third-order valence-electron chi connectivity index (χ3n) is 3.98. The first-order valence-corrected chi connectivity index (χ1v) is 9.00. The fourth-order valence-electron chi connectivity index (χ4n) is 2.68. The maximum atomic E-state index is 11.8. The molecule has 3 rings (SSSR count). The molecule has 0 saturated heterocycles. The first kappa shape index (κ1) is 17.8. The normalized spacial score (nSPS) is 16.4. The molecule has 0 bridgehead atoms. The highest BCUT2D eigenvalue weighted by Gasteiger charge is 2.25. The van der Waals surface area contributed by atoms with Gasteiger partial charge in [0.2, 0.25) is 0 Å². The van der Waals surface area contributed by atoms with Crippen molar-refractivity contribution in [3.05, 3.63) is 63.6 Å². The molecule has 25 heavy (non-hydrogen) atoms. The molecule has 1 heterocycles. The van der Waals surface area contributed by atoms with Gasteiger partial charge in [0.25, 0.3) is 0 Å². The van der Waals surface area contributed by atoms with Crippen LogP contribution in [0.2, 0.25) is 0 Å². The number of rotatable bonds is 3. The van der Waals surface area contributed by atoms with Gasteiger partial charge in [-0.1, -0.05) is 51.9 Å². The number of nitrogens with zero attached hydrogens (tertiary/aromatic N) is 1. The Bertz CT molecular complexity index is 862. The van der Waals surface area contributed by atoms with Crippen molar-refractivity contribution in [2.75, 3.05) is 12.4 Å². The minimum atomic E-state index is -0.464. The first-order chi connectivity index (χ1) is 12.0. The van der Waals surface area contributed by atoms with Gasteiger partial charge >= 0.3 is 5.97 Å². The minimum Gasteiger partial charge on any atom is -0.469 e. The first-order valence-electron chi connectivity index (χ1n) is 7.80. The highest BCUT2D eigenvalue weighted by Crippen LogP contribution is 2.27. The van der Waals surface area contributed by atoms with Gasteiger partial charge < -0.3 is 10.1 Å². The lowest BCUT2D eigenvalue weighted by atomic mass is 9.99. The predicted octanol–water partition coefficient (Wildman–Crippen LogP) is 4.28. The maximum Gasteiger partial charge on any atom is 0.308 e. The van der Waals surface area contributed by atoms with Crippen LogP contribution in [-0.4, -0.2) is 29.8 Å². The van der Waals surface area contributed by atoms with Gasteiger partial charge in [-0.05, 0) is 31.2 Å². The number of esters is 1. The van der Waals surface area contributed by atoms with Gasteiger partial charge in [-0.3, -0.25) is 9.79 Å². The second-order valence-electron chi connectivity index (χ2n) is 5.82. The van der Waals surface area contributed by atoms with Crippen molar-refractivity contribution in [2.45, 2.75) is 19.4 Å². The Kier molecular flexibility index (Phi) is 5.30. The van der Waals surface area contributed by atoms with E-state index in [4.69, 9.17) is 21.9 Å². The number of carbonyl (C=O) groups is 1. The SMILES string of the molecule is COC(=O)C[C@@H]1N=C(c2ccc(Br)cc2)c2cc(C)ccc2NC1=S. The molecule has 0 aromatic heterocycles. The smallest absolute Gasteiger partial charge is 0.308 e. The third-order valence-corrected chi connectivity index (χ3v) is 4.88. The zero-order valence-corrected chi connectivity index (χ0v) is 16.3. The van der Waals surface area contributed by atoms with Crippen molar-refractivity contribution in [3.63, 3.8) is 0 Å². The summed E-state index contributed by atoms with van der Waals surface area (Å²) in [5, 5.41) is 3.24. The number of halogens is 1. The van der Waals surface area contributed by atoms with Crippen molar-refractivity contribution in [1.29, 1.82) is 0 Å². The van der Waals surface area contributed by atoms with Crippen LogP contribution in [-0.2, 0) is 9.53 Å². The van der Waals surface area contributed by atoms with Crippen LogP contribution in [0.15, 0.2) is 51.9 Å². The summed E-state index contributed by atoms with van der Waals surface area (Å²) in [6.45, 7) is 2.04. The third kappa shape index (κ3) is 3.96. The number of methoxy groups -OCH3 is 1. The Morgan fingerprint density at radius 1 is 1.28 bits per heavy atom. The Morgan fingerprint density at radius 2 is 2.00 bits per heavy atom. The Hall–Kier alpha value is -2.05. The van der Waals surface area contributed by atoms with Crippen molar-refractivity contribution in [2.24, 2.45) is 4.99 Å². The van der Waals surface area contributed by atoms with E-state index in [1.165, 1.54) is 7.11 Å². The largest absolute Gasteiger partial charge is 0.469 e. The number of ether oxygens (including phenoxy) is 1. The Labute approximate surface area is 160 Å². The molecule has 1 atom stereocenters. The van der Waals surface area contributed by atoms with Gasteiger partial charge in [0, 0.05) is 21.3 Å². The van der Waals surface area contributed by atoms with E-state index < -0.39 is 6.04 Å². The van der Waals surface area contributed by atoms with Gasteiger partial charge in [0.05, 0.1) is 19.2 Å². The monoisotopic (exact) mass is 416 g/mol. The number of aryl methyl sites for hydroxylation is 1. The molecule has 1 aliphatic rings. The molecule has 2 aromatic rings. The quantitative estimate of drug-likeness (QED) is 0.599. The summed E-state index contributed by atoms with van der Waals surface area (Å²) in [5.41, 5.74) is 4.77. The summed E-state index contributed by atoms with van der Waals surface area (Å²) in [6.07, 6.45) is 0.106. The van der Waals surface area contributed by atoms with Crippen LogP contribution in [0.1, 0.15) is 23.1 Å². The summed E-state index contributed by atoms with van der Waals surface area (Å²) < 4.78 is 5.79. The van der Waals surface area contributed by atoms with Crippen LogP contribution in [0, 0.1) is 6.92 Å². The zero-order chi connectivity index (χ0) is 18.0. The van der Waals surface area contributed by atoms with E-state index in [1.807, 2.05) is 43.3 Å². The molecule has 0 fully saturated rings. The average molecular weight is 417 g/mol. The molecule has 0 saturated carbocycles. The topological polar surface area (TPSA) is 50.7 Å². The highest BCUT2D eigenvalue weighted by molar-refractivity contribution is 9.10. The lowest BCUT2D eigenvalue weighted by Crippen LogP contribution is -2.26. The second-order valence-corrected chi connectivity index (χ2v) is 7.17. The van der Waals surface area contributed by atoms with E-state index in [9.17, 15) is 4.79 Å². The number of benzodiazepines with no additional fused rings is 1. The summed E-state index contributed by atoms with van der Waals surface area (Å²) in [6, 6.07) is 13.6. The van der Waals surface area contributed by atoms with E-state index >= 15 is 0 Å². The predicted molar refractivity (Wildman–Crippen MR) is 108 cm³/mol. The molecule has 0 radical (unpaired) electrons. The number of aliphatic imine (C=N–C) groups is 1. The molecular formula is C19H17BrN2O2S. The number of hydrogen-bond donors (Lipinski definition) is 1. The number of fused-ring (bicyclic) bond motifs is 1. The molecule has 0 unspecified atom stereocenters. The standard InChI is InChI=1S/C19H17BrN2O2S/c1-11-3-8-15-14(9-11)18(12-4-6-13(20)7-5-12)21-16(19(25)22-15)10-17(23)24-2/h3-9,16H,10H2,1-2H3,(H,22,25)/t16-/m0/s1. The fraction of sp³-hybridized carbons (Fsp3) is 0.211. The summed E-state index contributed by atoms with van der Waals surface area (Å²) >= 11 is 8.94. The molecule has 2 aromatic carbocycles. The lowest BCUT2D eigenvalue weighted by Gasteiger charge is -2.12. The number of carbonyl (C=O) groups excluding carboxylic acids is 1. The minimum absolute atomic E-state index is 0.106. The van der Waals surface area contributed by atoms with Gasteiger partial charge in [0.15, 0.2) is 0 Å². The van der Waals surface area contributed by atoms with Gasteiger partial charge in [-0.15, -0.1) is 0 Å². The molecule has 128 valence electrons. The van der Waals surface area contributed by atoms with Crippen LogP contribution < -0.4 is 5.32 Å². The van der Waals surface area contributed by atoms with E-state index in [2.05, 4.69) is 27.3 Å². The molecule has 6 heteroatoms. The second kappa shape index (κ2) is 7.45. The summed E-state index contributed by atoms with van der Waals surface area (Å²) in [7, 11) is 1.37. The van der Waals surface area contributed by atoms with Gasteiger partial charge in [-0.2, -0.15) is 0 Å². The summed E-state index contributed by atoms with van der Waals surface area (Å²) in [4.78, 5) is 17.1. The van der Waals surface area contributed by atoms with Crippen molar-refractivity contribution < 1.29 is 9.53 Å². The number of nitrogens with one attached hydrogen (secondary N) is 1. The van der Waals surface area contributed by atoms with Crippen molar-refractivity contribution >= 4 is 50.5 Å². The van der Waals surface area contributed by atoms with Crippen LogP contribution >= 0.6 is 28.1 Å². The molecular weight excluding hydrogens is 400 g/mol. The van der Waals surface area contributed by atoms with Gasteiger partial charge in [0.1, 0.15) is 11.0 Å². The average Bonchev–Trinajstić information content (AvgIpc) is 2.73. The van der Waals surface area contributed by atoms with Crippen molar-refractivity contribution in [3.8, 4) is 0 Å². The van der Waals surface area contributed by atoms with E-state index in [-0.39, 0.29) is 12.4 Å². The number of hydrogen-bond acceptors (Lipinski definition) is 4. The van der Waals surface area contributed by atoms with E-state index in [0.29, 0.717) is 4.99 Å². The van der Waals surface area contributed by atoms with E-state index in [1.54, 1.807) is 0 Å². The Morgan fingerprint density at radius 3 is 2.68 bits per heavy atom. The van der Waals surface area contributed by atoms with E-state index in [0.717, 1.165) is 32.6 Å². The fourth-order valence-corrected chi connectivity index (χ4v) is 3.19. The van der Waals surface area contributed by atoms with Crippen molar-refractivity contribution in [1.82, 2.24) is 0 Å². The molecule has 1 aliphatic heterocycles. The summed E-state index contributed by atoms with van der Waals surface area (Å²) in [5.74, 6) is -0.338. The molecule has 0 amide bonds. The van der Waals surface area contributed by atoms with Crippen LogP contribution in [0.25, 0.3) is 0 Å². The van der Waals surface area contributed by atoms with Crippen LogP contribution in [0.3, 0.4) is 0 Å². The number of anilines is 1. The van der Waals surface area contributed by atoms with Crippen LogP contribution in [0.5, 0.6) is 0 Å². The molecule has 4 nitrogen and oxygen atoms in total. The molecule has 0 spiro atoms. The Balaban J connectivity index is 2.14. The highest BCUT2D eigenvalue weighted by atomic mass is 79.9. The molecule has 1 N–H and O–H groups in total. The van der Waals surface area contributed by atoms with Crippen LogP contribution in [0.4, 0.5) is 5.69 Å². The molecule has 0 aliphatic carbocycles. The maximum absolute atomic E-state index is 11.8. The lowest BCUT2D eigenvalue weighted by molar-refractivity contribution is -0.140. The number of benzene rings is 2. The number of thiocarbonyl (C=S) groups is 1.